The van der Waals surface area contributed by atoms with Crippen molar-refractivity contribution < 1.29 is 26.7 Å². The van der Waals surface area contributed by atoms with Crippen molar-refractivity contribution in [3.05, 3.63) is 45.7 Å². The Labute approximate surface area is 278 Å². The molecule has 0 radical (unpaired) electrons. The maximum Gasteiger partial charge on any atom is 0.417 e. The van der Waals surface area contributed by atoms with Crippen LogP contribution in [0.4, 0.5) is 33.5 Å². The monoisotopic (exact) mass is 685 g/mol. The van der Waals surface area contributed by atoms with Crippen molar-refractivity contribution in [3.63, 3.8) is 0 Å². The second kappa shape index (κ2) is 10.9. The fourth-order valence-electron chi connectivity index (χ4n) is 9.06. The van der Waals surface area contributed by atoms with Crippen molar-refractivity contribution in [1.82, 2.24) is 20.2 Å². The summed E-state index contributed by atoms with van der Waals surface area (Å²) in [6.45, 7) is 7.17. The molecule has 8 nitrogen and oxygen atoms in total. The molecule has 5 atom stereocenters. The summed E-state index contributed by atoms with van der Waals surface area (Å²) >= 11 is 7.01. The number of aryl methyl sites for hydroxylation is 1. The molecule has 48 heavy (non-hydrogen) atoms. The number of anilines is 2. The Balaban J connectivity index is 1.40. The lowest BCUT2D eigenvalue weighted by Gasteiger charge is -2.41. The molecular formula is C34H33ClF5N7O. The standard InChI is InChI=1S/C34H33ClF5N7O/c1-15-9-22-21-5-4-18(43-21)13-47(22)31-26-23(15)28(35)25(24-19(11-41)20(42)8-16(2)27(24)34(38,39)40)29(37)30(26)44-32(45-31)48-14-33-6-3-7-46(33)12-17(36)10-33/h8,17-18,21-22,43H,1,3-7,9-10,12-14,42H2,2H3/t17-,18-,21+,22-,33+/m1/s1. The molecule has 0 unspecified atom stereocenters. The number of piperazine rings is 1. The van der Waals surface area contributed by atoms with Crippen LogP contribution in [0, 0.1) is 24.1 Å². The zero-order valence-electron chi connectivity index (χ0n) is 26.2. The maximum atomic E-state index is 17.3. The number of halogens is 6. The van der Waals surface area contributed by atoms with Crippen LogP contribution in [0.15, 0.2) is 12.6 Å². The fourth-order valence-corrected chi connectivity index (χ4v) is 9.46. The van der Waals surface area contributed by atoms with Crippen LogP contribution in [-0.2, 0) is 6.18 Å². The van der Waals surface area contributed by atoms with Gasteiger partial charge in [0.15, 0.2) is 5.82 Å². The van der Waals surface area contributed by atoms with E-state index in [4.69, 9.17) is 27.1 Å². The third kappa shape index (κ3) is 4.59. The van der Waals surface area contributed by atoms with Crippen molar-refractivity contribution in [2.75, 3.05) is 36.9 Å². The van der Waals surface area contributed by atoms with Crippen LogP contribution in [0.5, 0.6) is 6.01 Å². The summed E-state index contributed by atoms with van der Waals surface area (Å²) in [4.78, 5) is 13.5. The molecule has 6 heterocycles. The average Bonchev–Trinajstić information content (AvgIpc) is 3.66. The maximum absolute atomic E-state index is 17.3. The number of benzene rings is 2. The third-order valence-electron chi connectivity index (χ3n) is 11.1. The van der Waals surface area contributed by atoms with E-state index in [1.165, 1.54) is 6.92 Å². The van der Waals surface area contributed by atoms with Crippen LogP contribution in [0.3, 0.4) is 0 Å². The smallest absolute Gasteiger partial charge is 0.417 e. The molecule has 5 aliphatic heterocycles. The van der Waals surface area contributed by atoms with Gasteiger partial charge in [-0.2, -0.15) is 28.4 Å². The number of alkyl halides is 4. The predicted octanol–water partition coefficient (Wildman–Crippen LogP) is 6.55. The van der Waals surface area contributed by atoms with E-state index >= 15 is 4.39 Å². The van der Waals surface area contributed by atoms with Crippen molar-refractivity contribution in [1.29, 1.82) is 5.26 Å². The summed E-state index contributed by atoms with van der Waals surface area (Å²) < 4.78 is 82.2. The molecule has 0 spiro atoms. The second-order valence-corrected chi connectivity index (χ2v) is 14.3. The molecule has 3 aromatic rings. The van der Waals surface area contributed by atoms with Gasteiger partial charge in [0.25, 0.3) is 0 Å². The number of nitrogens with two attached hydrogens (primary N) is 1. The Bertz CT molecular complexity index is 1950. The zero-order valence-corrected chi connectivity index (χ0v) is 26.9. The molecule has 2 aromatic carbocycles. The summed E-state index contributed by atoms with van der Waals surface area (Å²) in [6.07, 6.45) is -1.86. The third-order valence-corrected chi connectivity index (χ3v) is 11.4. The van der Waals surface area contributed by atoms with Gasteiger partial charge in [-0.3, -0.25) is 4.90 Å². The van der Waals surface area contributed by atoms with Crippen LogP contribution >= 0.6 is 11.6 Å². The molecule has 4 fully saturated rings. The Morgan fingerprint density at radius 2 is 2.02 bits per heavy atom. The van der Waals surface area contributed by atoms with Crippen LogP contribution < -0.4 is 20.7 Å². The van der Waals surface area contributed by atoms with Crippen molar-refractivity contribution in [2.45, 2.75) is 81.5 Å². The van der Waals surface area contributed by atoms with E-state index in [9.17, 15) is 22.8 Å². The minimum absolute atomic E-state index is 0.0665. The van der Waals surface area contributed by atoms with Gasteiger partial charge in [-0.05, 0) is 62.8 Å². The van der Waals surface area contributed by atoms with Gasteiger partial charge in [0.2, 0.25) is 0 Å². The molecule has 0 amide bonds. The average molecular weight is 686 g/mol. The summed E-state index contributed by atoms with van der Waals surface area (Å²) in [6, 6.07) is 2.70. The van der Waals surface area contributed by atoms with Gasteiger partial charge in [0.1, 0.15) is 30.2 Å². The largest absolute Gasteiger partial charge is 0.461 e. The predicted molar refractivity (Wildman–Crippen MR) is 172 cm³/mol. The number of hydrogen-bond acceptors (Lipinski definition) is 8. The van der Waals surface area contributed by atoms with Crippen molar-refractivity contribution in [2.24, 2.45) is 0 Å². The number of fused-ring (bicyclic) bond motifs is 6. The molecular weight excluding hydrogens is 653 g/mol. The topological polar surface area (TPSA) is 103 Å². The number of nitrogens with one attached hydrogen (secondary N) is 1. The molecule has 1 aromatic heterocycles. The molecule has 252 valence electrons. The van der Waals surface area contributed by atoms with E-state index in [2.05, 4.69) is 26.7 Å². The molecule has 14 heteroatoms. The summed E-state index contributed by atoms with van der Waals surface area (Å²) in [7, 11) is 0. The number of nitrogen functional groups attached to an aromatic ring is 1. The van der Waals surface area contributed by atoms with Crippen molar-refractivity contribution in [3.8, 4) is 23.2 Å². The summed E-state index contributed by atoms with van der Waals surface area (Å²) in [5.41, 5.74) is 2.26. The summed E-state index contributed by atoms with van der Waals surface area (Å²) in [5, 5.41) is 13.6. The summed E-state index contributed by atoms with van der Waals surface area (Å²) in [5.74, 6) is -0.802. The normalized spacial score (nSPS) is 28.0. The lowest BCUT2D eigenvalue weighted by Crippen LogP contribution is -2.58. The number of hydrogen-bond donors (Lipinski definition) is 2. The second-order valence-electron chi connectivity index (χ2n) is 13.9. The number of aromatic nitrogens is 2. The van der Waals surface area contributed by atoms with Gasteiger partial charge in [0.05, 0.1) is 32.8 Å². The van der Waals surface area contributed by atoms with Crippen LogP contribution in [-0.4, -0.2) is 70.9 Å². The van der Waals surface area contributed by atoms with Gasteiger partial charge in [-0.1, -0.05) is 18.2 Å². The first kappa shape index (κ1) is 31.5. The number of nitrogens with zero attached hydrogens (tertiary/aromatic N) is 5. The van der Waals surface area contributed by atoms with Crippen LogP contribution in [0.2, 0.25) is 5.02 Å². The fraction of sp³-hybridized carbons (Fsp3) is 0.500. The lowest BCUT2D eigenvalue weighted by atomic mass is 9.86. The highest BCUT2D eigenvalue weighted by atomic mass is 35.5. The van der Waals surface area contributed by atoms with Gasteiger partial charge < -0.3 is 20.7 Å². The SMILES string of the molecule is C=C1C[C@@H]2[C@@H]3CC[C@H](CN2c2nc(OC[C@@]45CCCN4C[C@H](F)C5)nc4c(F)c(-c5c(C#N)c(N)cc(C)c5C(F)(F)F)c(Cl)c1c24)N3. The minimum Gasteiger partial charge on any atom is -0.461 e. The Morgan fingerprint density at radius 1 is 1.23 bits per heavy atom. The minimum atomic E-state index is -4.98. The zero-order chi connectivity index (χ0) is 33.9. The molecule has 3 N–H and O–H groups in total. The van der Waals surface area contributed by atoms with Crippen molar-refractivity contribution >= 4 is 39.6 Å². The Morgan fingerprint density at radius 3 is 2.77 bits per heavy atom. The van der Waals surface area contributed by atoms with E-state index in [-0.39, 0.29) is 63.5 Å². The van der Waals surface area contributed by atoms with Gasteiger partial charge in [-0.15, -0.1) is 0 Å². The Kier molecular flexibility index (Phi) is 7.15. The van der Waals surface area contributed by atoms with Gasteiger partial charge in [0, 0.05) is 54.3 Å². The Hall–Kier alpha value is -3.73. The van der Waals surface area contributed by atoms with Crippen LogP contribution in [0.1, 0.15) is 60.8 Å². The van der Waals surface area contributed by atoms with Crippen LogP contribution in [0.25, 0.3) is 27.6 Å². The highest BCUT2D eigenvalue weighted by Crippen LogP contribution is 2.53. The van der Waals surface area contributed by atoms with Gasteiger partial charge in [-0.25, -0.2) is 8.78 Å². The highest BCUT2D eigenvalue weighted by Gasteiger charge is 2.50. The number of nitriles is 1. The lowest BCUT2D eigenvalue weighted by molar-refractivity contribution is -0.137. The first-order chi connectivity index (χ1) is 22.8. The number of rotatable bonds is 4. The molecule has 4 saturated heterocycles. The first-order valence-electron chi connectivity index (χ1n) is 16.2. The quantitative estimate of drug-likeness (QED) is 0.236. The molecule has 0 saturated carbocycles. The van der Waals surface area contributed by atoms with E-state index in [1.54, 1.807) is 6.07 Å². The molecule has 0 aliphatic carbocycles. The van der Waals surface area contributed by atoms with E-state index in [1.807, 2.05) is 0 Å². The molecule has 5 aliphatic rings. The molecule has 8 rings (SSSR count). The van der Waals surface area contributed by atoms with E-state index in [0.717, 1.165) is 38.3 Å². The highest BCUT2D eigenvalue weighted by molar-refractivity contribution is 6.37. The van der Waals surface area contributed by atoms with E-state index in [0.29, 0.717) is 37.3 Å². The van der Waals surface area contributed by atoms with E-state index < -0.39 is 46.0 Å². The first-order valence-corrected chi connectivity index (χ1v) is 16.5. The molecule has 2 bridgehead atoms. The van der Waals surface area contributed by atoms with Gasteiger partial charge >= 0.3 is 12.2 Å². The number of ether oxygens (including phenoxy) is 1.